The highest BCUT2D eigenvalue weighted by Crippen LogP contribution is 2.44. The number of likely N-dealkylation sites (tertiary alicyclic amines) is 1. The quantitative estimate of drug-likeness (QED) is 0.253. The van der Waals surface area contributed by atoms with Crippen LogP contribution in [0.2, 0.25) is 0 Å². The summed E-state index contributed by atoms with van der Waals surface area (Å²) in [5.74, 6) is 2.53. The van der Waals surface area contributed by atoms with Gasteiger partial charge < -0.3 is 39.5 Å². The van der Waals surface area contributed by atoms with Crippen LogP contribution >= 0.6 is 7.14 Å². The summed E-state index contributed by atoms with van der Waals surface area (Å²) in [5, 5.41) is 8.41. The molecule has 2 saturated heterocycles. The molecule has 0 unspecified atom stereocenters. The Balaban J connectivity index is 1.14. The molecule has 1 atom stereocenters. The molecular formula is C32H41N8O3P. The van der Waals surface area contributed by atoms with Crippen molar-refractivity contribution in [3.05, 3.63) is 48.7 Å². The van der Waals surface area contributed by atoms with E-state index in [-0.39, 0.29) is 0 Å². The van der Waals surface area contributed by atoms with Gasteiger partial charge in [-0.2, -0.15) is 9.97 Å². The molecule has 0 saturated carbocycles. The zero-order chi connectivity index (χ0) is 30.4. The van der Waals surface area contributed by atoms with E-state index in [4.69, 9.17) is 19.4 Å². The van der Waals surface area contributed by atoms with E-state index in [1.54, 1.807) is 20.4 Å². The number of nitrogens with zero attached hydrogens (tertiary/aromatic N) is 5. The van der Waals surface area contributed by atoms with Gasteiger partial charge in [-0.25, -0.2) is 0 Å². The molecular weight excluding hydrogens is 575 g/mol. The second-order valence-electron chi connectivity index (χ2n) is 12.5. The lowest BCUT2D eigenvalue weighted by molar-refractivity contribution is 0.0868. The van der Waals surface area contributed by atoms with E-state index in [9.17, 15) is 4.57 Å². The lowest BCUT2D eigenvalue weighted by atomic mass is 10.00. The van der Waals surface area contributed by atoms with Crippen LogP contribution in [0.4, 0.5) is 28.8 Å². The second-order valence-corrected chi connectivity index (χ2v) is 15.6. The third-order valence-electron chi connectivity index (χ3n) is 9.14. The number of aromatic nitrogens is 3. The van der Waals surface area contributed by atoms with Crippen molar-refractivity contribution in [2.24, 2.45) is 0 Å². The smallest absolute Gasteiger partial charge is 0.231 e. The minimum absolute atomic E-state index is 0.316. The van der Waals surface area contributed by atoms with Gasteiger partial charge in [-0.1, -0.05) is 12.1 Å². The Labute approximate surface area is 258 Å². The standard InChI is InChI=1S/C32H41N8O3P/c1-38-13-10-21(11-14-38)39-15-16-40-22(19-39)20-43-28-17-25(27(42-2)18-26(28)40)35-32-36-30-23(9-12-33-30)31(37-32)34-24-7-5-6-8-29(24)44(3,4)41/h5-9,12,17-18,21-22H,10-11,13-16,19-20H2,1-4H3,(H3,33,34,35,36,37)/t22-/m1/s1. The molecule has 0 aliphatic carbocycles. The van der Waals surface area contributed by atoms with Gasteiger partial charge in [0, 0.05) is 49.3 Å². The Morgan fingerprint density at radius 1 is 1.00 bits per heavy atom. The van der Waals surface area contributed by atoms with E-state index in [1.165, 1.54) is 25.9 Å². The first-order valence-electron chi connectivity index (χ1n) is 15.3. The van der Waals surface area contributed by atoms with Gasteiger partial charge in [0.1, 0.15) is 36.7 Å². The summed E-state index contributed by atoms with van der Waals surface area (Å²) < 4.78 is 25.2. The molecule has 4 aromatic rings. The molecule has 0 amide bonds. The molecule has 3 aliphatic heterocycles. The van der Waals surface area contributed by atoms with Crippen molar-refractivity contribution in [1.82, 2.24) is 24.8 Å². The van der Waals surface area contributed by atoms with Crippen LogP contribution in [0.5, 0.6) is 11.5 Å². The third kappa shape index (κ3) is 5.60. The summed E-state index contributed by atoms with van der Waals surface area (Å²) in [4.78, 5) is 20.4. The first kappa shape index (κ1) is 29.0. The molecule has 12 heteroatoms. The molecule has 3 aliphatic rings. The lowest BCUT2D eigenvalue weighted by Gasteiger charge is -2.49. The predicted octanol–water partition coefficient (Wildman–Crippen LogP) is 4.68. The van der Waals surface area contributed by atoms with Crippen LogP contribution in [0.15, 0.2) is 48.7 Å². The summed E-state index contributed by atoms with van der Waals surface area (Å²) >= 11 is 0. The number of rotatable bonds is 7. The predicted molar refractivity (Wildman–Crippen MR) is 178 cm³/mol. The van der Waals surface area contributed by atoms with Gasteiger partial charge in [-0.15, -0.1) is 0 Å². The Morgan fingerprint density at radius 3 is 2.61 bits per heavy atom. The number of nitrogens with one attached hydrogen (secondary N) is 3. The average molecular weight is 617 g/mol. The number of para-hydroxylation sites is 1. The van der Waals surface area contributed by atoms with Gasteiger partial charge in [0.25, 0.3) is 0 Å². The van der Waals surface area contributed by atoms with Crippen molar-refractivity contribution in [3.63, 3.8) is 0 Å². The zero-order valence-corrected chi connectivity index (χ0v) is 26.7. The van der Waals surface area contributed by atoms with E-state index in [1.807, 2.05) is 42.6 Å². The van der Waals surface area contributed by atoms with Gasteiger partial charge in [-0.05, 0) is 64.5 Å². The number of piperidine rings is 1. The summed E-state index contributed by atoms with van der Waals surface area (Å²) in [6.45, 7) is 9.59. The number of hydrogen-bond donors (Lipinski definition) is 3. The highest BCUT2D eigenvalue weighted by Gasteiger charge is 2.36. The van der Waals surface area contributed by atoms with Crippen molar-refractivity contribution in [1.29, 1.82) is 0 Å². The van der Waals surface area contributed by atoms with Gasteiger partial charge in [0.2, 0.25) is 5.95 Å². The van der Waals surface area contributed by atoms with E-state index in [0.29, 0.717) is 41.9 Å². The molecule has 0 spiro atoms. The van der Waals surface area contributed by atoms with Gasteiger partial charge in [0.15, 0.2) is 0 Å². The number of anilines is 5. The largest absolute Gasteiger partial charge is 0.494 e. The Morgan fingerprint density at radius 2 is 1.82 bits per heavy atom. The highest BCUT2D eigenvalue weighted by molar-refractivity contribution is 7.70. The molecule has 2 fully saturated rings. The molecule has 2 aromatic heterocycles. The van der Waals surface area contributed by atoms with Crippen molar-refractivity contribution >= 4 is 52.3 Å². The molecule has 232 valence electrons. The number of ether oxygens (including phenoxy) is 2. The topological polar surface area (TPSA) is 111 Å². The minimum atomic E-state index is -2.52. The fourth-order valence-electron chi connectivity index (χ4n) is 6.76. The molecule has 3 N–H and O–H groups in total. The summed E-state index contributed by atoms with van der Waals surface area (Å²) in [7, 11) is 1.38. The first-order valence-corrected chi connectivity index (χ1v) is 17.9. The van der Waals surface area contributed by atoms with Gasteiger partial charge >= 0.3 is 0 Å². The maximum Gasteiger partial charge on any atom is 0.231 e. The molecule has 2 aromatic carbocycles. The van der Waals surface area contributed by atoms with E-state index >= 15 is 0 Å². The van der Waals surface area contributed by atoms with Crippen molar-refractivity contribution < 1.29 is 14.0 Å². The Bertz CT molecular complexity index is 1710. The maximum absolute atomic E-state index is 13.0. The SMILES string of the molecule is COc1cc2c(cc1Nc1nc(Nc3ccccc3P(C)(C)=O)c3cc[nH]c3n1)OC[C@H]1CN(C3CCN(C)CC3)CCN21. The first-order chi connectivity index (χ1) is 21.3. The van der Waals surface area contributed by atoms with Crippen molar-refractivity contribution in [2.75, 3.05) is 82.4 Å². The fraction of sp³-hybridized carbons (Fsp3) is 0.438. The Hall–Kier alpha value is -3.79. The van der Waals surface area contributed by atoms with Gasteiger partial charge in [-0.3, -0.25) is 4.90 Å². The number of piperazine rings is 1. The highest BCUT2D eigenvalue weighted by atomic mass is 31.2. The maximum atomic E-state index is 13.0. The molecule has 0 bridgehead atoms. The third-order valence-corrected chi connectivity index (χ3v) is 10.7. The number of H-pyrrole nitrogens is 1. The normalized spacial score (nSPS) is 19.7. The monoisotopic (exact) mass is 616 g/mol. The zero-order valence-electron chi connectivity index (χ0n) is 25.8. The van der Waals surface area contributed by atoms with E-state index in [0.717, 1.165) is 53.1 Å². The number of methoxy groups -OCH3 is 1. The summed E-state index contributed by atoms with van der Waals surface area (Å²) in [6, 6.07) is 14.6. The lowest BCUT2D eigenvalue weighted by Crippen LogP contribution is -2.60. The summed E-state index contributed by atoms with van der Waals surface area (Å²) in [6.07, 6.45) is 4.31. The van der Waals surface area contributed by atoms with E-state index in [2.05, 4.69) is 43.4 Å². The van der Waals surface area contributed by atoms with Crippen LogP contribution < -0.4 is 30.3 Å². The summed E-state index contributed by atoms with van der Waals surface area (Å²) in [5.41, 5.74) is 3.23. The van der Waals surface area contributed by atoms with Crippen molar-refractivity contribution in [3.8, 4) is 11.5 Å². The van der Waals surface area contributed by atoms with Crippen LogP contribution in [-0.2, 0) is 4.57 Å². The van der Waals surface area contributed by atoms with Crippen molar-refractivity contribution in [2.45, 2.75) is 24.9 Å². The van der Waals surface area contributed by atoms with Crippen LogP contribution in [0.1, 0.15) is 12.8 Å². The molecule has 44 heavy (non-hydrogen) atoms. The molecule has 0 radical (unpaired) electrons. The molecule has 7 rings (SSSR count). The molecule has 11 nitrogen and oxygen atoms in total. The average Bonchev–Trinajstić information content (AvgIpc) is 3.50. The van der Waals surface area contributed by atoms with Crippen LogP contribution in [-0.4, -0.2) is 104 Å². The van der Waals surface area contributed by atoms with E-state index < -0.39 is 7.14 Å². The van der Waals surface area contributed by atoms with Crippen LogP contribution in [0.3, 0.4) is 0 Å². The van der Waals surface area contributed by atoms with Gasteiger partial charge in [0.05, 0.1) is 35.6 Å². The number of hydrogen-bond acceptors (Lipinski definition) is 10. The number of aromatic amines is 1. The minimum Gasteiger partial charge on any atom is -0.494 e. The fourth-order valence-corrected chi connectivity index (χ4v) is 7.92. The second kappa shape index (κ2) is 11.6. The number of benzene rings is 2. The molecule has 5 heterocycles. The Kier molecular flexibility index (Phi) is 7.64. The van der Waals surface area contributed by atoms with Crippen LogP contribution in [0.25, 0.3) is 11.0 Å². The van der Waals surface area contributed by atoms with Crippen LogP contribution in [0, 0.1) is 0 Å². The number of fused-ring (bicyclic) bond motifs is 4.